The van der Waals surface area contributed by atoms with Crippen molar-refractivity contribution < 1.29 is 28.5 Å². The summed E-state index contributed by atoms with van der Waals surface area (Å²) < 4.78 is 23.1. The molecule has 0 spiro atoms. The smallest absolute Gasteiger partial charge is 0.317 e. The maximum absolute atomic E-state index is 12.7. The van der Waals surface area contributed by atoms with Gasteiger partial charge in [-0.15, -0.1) is 0 Å². The van der Waals surface area contributed by atoms with Crippen molar-refractivity contribution in [3.63, 3.8) is 0 Å². The van der Waals surface area contributed by atoms with Crippen LogP contribution in [0.1, 0.15) is 162 Å². The molecule has 0 aromatic rings. The number of carbonyl (C=O) groups excluding carboxylic acids is 2. The molecule has 0 rings (SSSR count). The fourth-order valence-electron chi connectivity index (χ4n) is 4.59. The molecule has 0 saturated carbocycles. The van der Waals surface area contributed by atoms with Crippen molar-refractivity contribution in [2.45, 2.75) is 184 Å². The number of ether oxygens (including phenoxy) is 4. The van der Waals surface area contributed by atoms with Gasteiger partial charge in [-0.3, -0.25) is 9.59 Å². The minimum absolute atomic E-state index is 0. The van der Waals surface area contributed by atoms with E-state index in [0.717, 1.165) is 12.8 Å². The molecule has 6 heteroatoms. The number of rotatable bonds is 12. The number of hydrogen-bond acceptors (Lipinski definition) is 6. The molecule has 0 saturated heterocycles. The average molecular weight is 573 g/mol. The third-order valence-electron chi connectivity index (χ3n) is 8.78. The minimum atomic E-state index is -0.857. The molecule has 0 fully saturated rings. The summed E-state index contributed by atoms with van der Waals surface area (Å²) in [5, 5.41) is 0. The molecule has 0 aliphatic rings. The van der Waals surface area contributed by atoms with Crippen LogP contribution in [-0.4, -0.2) is 48.6 Å². The minimum Gasteiger partial charge on any atom is -0.459 e. The molecule has 248 valence electrons. The van der Waals surface area contributed by atoms with Gasteiger partial charge in [0.2, 0.25) is 0 Å². The van der Waals surface area contributed by atoms with Gasteiger partial charge in [0, 0.05) is 25.0 Å². The van der Waals surface area contributed by atoms with Gasteiger partial charge >= 0.3 is 11.9 Å². The highest BCUT2D eigenvalue weighted by atomic mass is 16.6. The van der Waals surface area contributed by atoms with Gasteiger partial charge < -0.3 is 18.9 Å². The van der Waals surface area contributed by atoms with Crippen LogP contribution in [0.5, 0.6) is 0 Å². The topological polar surface area (TPSA) is 71.1 Å². The highest BCUT2D eigenvalue weighted by Crippen LogP contribution is 2.49. The molecule has 0 amide bonds. The number of hydrogen-bond donors (Lipinski definition) is 0. The Balaban J connectivity index is -0.000000161. The molecular weight excluding hydrogens is 492 g/mol. The summed E-state index contributed by atoms with van der Waals surface area (Å²) >= 11 is 0. The summed E-state index contributed by atoms with van der Waals surface area (Å²) in [7, 11) is 3.30. The zero-order valence-corrected chi connectivity index (χ0v) is 22.6. The predicted molar refractivity (Wildman–Crippen MR) is 178 cm³/mol. The molecule has 6 nitrogen and oxygen atoms in total. The molecular formula is C33H80O6. The summed E-state index contributed by atoms with van der Waals surface area (Å²) in [6.45, 7) is 23.5. The zero-order chi connectivity index (χ0) is 25.1. The average Bonchev–Trinajstić information content (AvgIpc) is 2.64. The molecule has 0 heterocycles. The Morgan fingerprint density at radius 3 is 0.821 bits per heavy atom. The Bertz CT molecular complexity index is 582. The SMILES string of the molecule is C.C.C.C.C.C.C.C.CCC(C)(C(C)(C)OC)C(C)(C)OC(=O)CC(=O)OC(C)(C)C(C)(CC)C(C)(C)OC. The van der Waals surface area contributed by atoms with E-state index in [-0.39, 0.29) is 59.4 Å². The van der Waals surface area contributed by atoms with Gasteiger partial charge in [-0.1, -0.05) is 87.1 Å². The van der Waals surface area contributed by atoms with Crippen molar-refractivity contribution in [3.05, 3.63) is 0 Å². The molecule has 0 aliphatic heterocycles. The molecule has 0 bridgehead atoms. The van der Waals surface area contributed by atoms with Crippen LogP contribution in [-0.2, 0) is 28.5 Å². The lowest BCUT2D eigenvalue weighted by atomic mass is 9.63. The van der Waals surface area contributed by atoms with Crippen LogP contribution in [0, 0.1) is 10.8 Å². The standard InChI is InChI=1S/C25H48O6.8CH4/c1-15-24(11,20(3,4)28-13)22(7,8)30-18(26)17-19(27)31-23(9,10)25(12,16-2)21(5,6)29-14;;;;;;;;/h15-17H2,1-14H3;8*1H4. The Labute approximate surface area is 249 Å². The number of methoxy groups -OCH3 is 2. The number of carbonyl (C=O) groups is 2. The fourth-order valence-corrected chi connectivity index (χ4v) is 4.59. The largest absolute Gasteiger partial charge is 0.459 e. The molecule has 0 aromatic heterocycles. The highest BCUT2D eigenvalue weighted by molar-refractivity contribution is 5.91. The normalized spacial score (nSPS) is 13.9. The van der Waals surface area contributed by atoms with E-state index in [9.17, 15) is 9.59 Å². The lowest BCUT2D eigenvalue weighted by Gasteiger charge is -2.52. The third kappa shape index (κ3) is 12.1. The van der Waals surface area contributed by atoms with E-state index in [1.54, 1.807) is 14.2 Å². The van der Waals surface area contributed by atoms with E-state index in [1.807, 2.05) is 83.1 Å². The van der Waals surface area contributed by atoms with E-state index >= 15 is 0 Å². The molecule has 2 atom stereocenters. The molecule has 0 radical (unpaired) electrons. The van der Waals surface area contributed by atoms with Crippen LogP contribution >= 0.6 is 0 Å². The molecule has 0 aromatic carbocycles. The summed E-state index contributed by atoms with van der Waals surface area (Å²) in [4.78, 5) is 25.4. The maximum atomic E-state index is 12.7. The second kappa shape index (κ2) is 20.7. The predicted octanol–water partition coefficient (Wildman–Crippen LogP) is 10.8. The van der Waals surface area contributed by atoms with Crippen molar-refractivity contribution in [2.24, 2.45) is 10.8 Å². The highest BCUT2D eigenvalue weighted by Gasteiger charge is 2.55. The van der Waals surface area contributed by atoms with Crippen LogP contribution in [0.25, 0.3) is 0 Å². The second-order valence-electron chi connectivity index (χ2n) is 10.9. The van der Waals surface area contributed by atoms with E-state index in [1.165, 1.54) is 0 Å². The van der Waals surface area contributed by atoms with Crippen molar-refractivity contribution in [1.82, 2.24) is 0 Å². The van der Waals surface area contributed by atoms with Gasteiger partial charge in [0.1, 0.15) is 17.6 Å². The van der Waals surface area contributed by atoms with Gasteiger partial charge in [0.05, 0.1) is 11.2 Å². The van der Waals surface area contributed by atoms with Crippen molar-refractivity contribution in [3.8, 4) is 0 Å². The van der Waals surface area contributed by atoms with Gasteiger partial charge in [-0.2, -0.15) is 0 Å². The van der Waals surface area contributed by atoms with Gasteiger partial charge in [-0.25, -0.2) is 0 Å². The Hall–Kier alpha value is -1.14. The maximum Gasteiger partial charge on any atom is 0.317 e. The first-order chi connectivity index (χ1) is 13.7. The van der Waals surface area contributed by atoms with E-state index in [2.05, 4.69) is 0 Å². The Morgan fingerprint density at radius 2 is 0.667 bits per heavy atom. The zero-order valence-electron chi connectivity index (χ0n) is 22.6. The van der Waals surface area contributed by atoms with E-state index < -0.39 is 51.6 Å². The van der Waals surface area contributed by atoms with Crippen molar-refractivity contribution in [2.75, 3.05) is 14.2 Å². The first-order valence-electron chi connectivity index (χ1n) is 11.3. The third-order valence-corrected chi connectivity index (χ3v) is 8.78. The summed E-state index contributed by atoms with van der Waals surface area (Å²) in [5.41, 5.74) is -3.74. The monoisotopic (exact) mass is 573 g/mol. The molecule has 0 N–H and O–H groups in total. The molecule has 2 unspecified atom stereocenters. The van der Waals surface area contributed by atoms with Gasteiger partial charge in [0.15, 0.2) is 0 Å². The molecule has 39 heavy (non-hydrogen) atoms. The Kier molecular flexibility index (Phi) is 32.8. The quantitative estimate of drug-likeness (QED) is 0.171. The number of esters is 2. The van der Waals surface area contributed by atoms with Crippen LogP contribution in [0.3, 0.4) is 0 Å². The van der Waals surface area contributed by atoms with Crippen molar-refractivity contribution >= 4 is 11.9 Å². The summed E-state index contributed by atoms with van der Waals surface area (Å²) in [6, 6.07) is 0. The van der Waals surface area contributed by atoms with E-state index in [0.29, 0.717) is 0 Å². The summed E-state index contributed by atoms with van der Waals surface area (Å²) in [5.74, 6) is -1.22. The first-order valence-corrected chi connectivity index (χ1v) is 11.3. The second-order valence-corrected chi connectivity index (χ2v) is 10.9. The van der Waals surface area contributed by atoms with E-state index in [4.69, 9.17) is 18.9 Å². The lowest BCUT2D eigenvalue weighted by molar-refractivity contribution is -0.211. The lowest BCUT2D eigenvalue weighted by Crippen LogP contribution is -2.58. The molecule has 0 aliphatic carbocycles. The van der Waals surface area contributed by atoms with Crippen LogP contribution in [0.2, 0.25) is 0 Å². The summed E-state index contributed by atoms with van der Waals surface area (Å²) in [6.07, 6.45) is 1.01. The van der Waals surface area contributed by atoms with Gasteiger partial charge in [-0.05, 0) is 68.2 Å². The first kappa shape index (κ1) is 61.8. The van der Waals surface area contributed by atoms with Gasteiger partial charge in [0.25, 0.3) is 0 Å². The fraction of sp³-hybridized carbons (Fsp3) is 0.939. The van der Waals surface area contributed by atoms with Crippen molar-refractivity contribution in [1.29, 1.82) is 0 Å². The van der Waals surface area contributed by atoms with Crippen LogP contribution in [0.4, 0.5) is 0 Å². The van der Waals surface area contributed by atoms with Crippen LogP contribution in [0.15, 0.2) is 0 Å². The Morgan fingerprint density at radius 1 is 0.462 bits per heavy atom. The van der Waals surface area contributed by atoms with Crippen LogP contribution < -0.4 is 0 Å².